The Morgan fingerprint density at radius 3 is 2.17 bits per heavy atom. The van der Waals surface area contributed by atoms with Crippen LogP contribution in [0.3, 0.4) is 0 Å². The zero-order valence-electron chi connectivity index (χ0n) is 16.1. The Balaban J connectivity index is 1.79. The number of carbonyl (C=O) groups excluding carboxylic acids is 3. The fourth-order valence-electron chi connectivity index (χ4n) is 2.48. The van der Waals surface area contributed by atoms with Crippen LogP contribution in [0.25, 0.3) is 0 Å². The van der Waals surface area contributed by atoms with Gasteiger partial charge in [0.15, 0.2) is 9.84 Å². The summed E-state index contributed by atoms with van der Waals surface area (Å²) in [5, 5.41) is 4.57. The molecule has 0 unspecified atom stereocenters. The highest BCUT2D eigenvalue weighted by Gasteiger charge is 2.23. The van der Waals surface area contributed by atoms with Crippen LogP contribution in [0, 0.1) is 0 Å². The van der Waals surface area contributed by atoms with E-state index < -0.39 is 40.3 Å². The Morgan fingerprint density at radius 2 is 1.57 bits per heavy atom. The molecular formula is C20H23N3O6S. The maximum Gasteiger partial charge on any atom is 0.407 e. The number of alkyl carbamates (subject to hydrolysis) is 1. The average Bonchev–Trinajstić information content (AvgIpc) is 2.75. The second kappa shape index (κ2) is 11.0. The van der Waals surface area contributed by atoms with Gasteiger partial charge in [-0.3, -0.25) is 9.59 Å². The first kappa shape index (κ1) is 22.9. The smallest absolute Gasteiger partial charge is 0.407 e. The molecular weight excluding hydrogens is 410 g/mol. The second-order valence-corrected chi connectivity index (χ2v) is 8.47. The van der Waals surface area contributed by atoms with Gasteiger partial charge in [-0.1, -0.05) is 48.5 Å². The maximum absolute atomic E-state index is 12.3. The first-order valence-corrected chi connectivity index (χ1v) is 10.7. The molecule has 4 N–H and O–H groups in total. The molecule has 0 aliphatic rings. The van der Waals surface area contributed by atoms with Crippen molar-refractivity contribution < 1.29 is 27.5 Å². The highest BCUT2D eigenvalue weighted by Crippen LogP contribution is 2.12. The fraction of sp³-hybridized carbons (Fsp3) is 0.250. The number of hydrogen-bond donors (Lipinski definition) is 3. The lowest BCUT2D eigenvalue weighted by Crippen LogP contribution is -2.48. The molecule has 0 fully saturated rings. The largest absolute Gasteiger partial charge is 0.445 e. The molecule has 2 rings (SSSR count). The van der Waals surface area contributed by atoms with E-state index in [4.69, 9.17) is 10.5 Å². The van der Waals surface area contributed by atoms with Gasteiger partial charge in [-0.2, -0.15) is 0 Å². The summed E-state index contributed by atoms with van der Waals surface area (Å²) in [4.78, 5) is 35.4. The lowest BCUT2D eigenvalue weighted by atomic mass is 10.2. The molecule has 0 spiro atoms. The highest BCUT2D eigenvalue weighted by molar-refractivity contribution is 7.91. The lowest BCUT2D eigenvalue weighted by Gasteiger charge is -2.16. The van der Waals surface area contributed by atoms with Gasteiger partial charge >= 0.3 is 6.09 Å². The Kier molecular flexibility index (Phi) is 8.36. The lowest BCUT2D eigenvalue weighted by molar-refractivity contribution is -0.126. The van der Waals surface area contributed by atoms with E-state index in [0.29, 0.717) is 0 Å². The van der Waals surface area contributed by atoms with Gasteiger partial charge in [0.25, 0.3) is 0 Å². The van der Waals surface area contributed by atoms with Crippen molar-refractivity contribution >= 4 is 27.7 Å². The van der Waals surface area contributed by atoms with Gasteiger partial charge in [-0.05, 0) is 24.1 Å². The zero-order valence-corrected chi connectivity index (χ0v) is 16.9. The number of ether oxygens (including phenoxy) is 1. The van der Waals surface area contributed by atoms with Crippen molar-refractivity contribution in [1.29, 1.82) is 0 Å². The van der Waals surface area contributed by atoms with Gasteiger partial charge in [0.2, 0.25) is 11.8 Å². The first-order chi connectivity index (χ1) is 14.3. The van der Waals surface area contributed by atoms with Crippen molar-refractivity contribution in [2.24, 2.45) is 5.73 Å². The van der Waals surface area contributed by atoms with Gasteiger partial charge < -0.3 is 21.1 Å². The first-order valence-electron chi connectivity index (χ1n) is 9.09. The van der Waals surface area contributed by atoms with Crippen LogP contribution in [-0.2, 0) is 30.8 Å². The van der Waals surface area contributed by atoms with Crippen LogP contribution in [0.4, 0.5) is 4.79 Å². The van der Waals surface area contributed by atoms with Crippen molar-refractivity contribution in [3.8, 4) is 0 Å². The summed E-state index contributed by atoms with van der Waals surface area (Å²) < 4.78 is 29.6. The minimum atomic E-state index is -3.63. The van der Waals surface area contributed by atoms with Crippen LogP contribution >= 0.6 is 0 Å². The van der Waals surface area contributed by atoms with Crippen molar-refractivity contribution in [2.75, 3.05) is 12.3 Å². The van der Waals surface area contributed by atoms with Gasteiger partial charge in [0.1, 0.15) is 19.2 Å². The van der Waals surface area contributed by atoms with Crippen LogP contribution < -0.4 is 16.4 Å². The molecule has 2 aromatic rings. The predicted molar refractivity (Wildman–Crippen MR) is 109 cm³/mol. The van der Waals surface area contributed by atoms with Crippen molar-refractivity contribution in [1.82, 2.24) is 10.6 Å². The van der Waals surface area contributed by atoms with Crippen LogP contribution in [0.2, 0.25) is 0 Å². The molecule has 3 amide bonds. The number of sulfone groups is 1. The Labute approximate surface area is 174 Å². The number of hydrogen-bond acceptors (Lipinski definition) is 6. The quantitative estimate of drug-likeness (QED) is 0.504. The molecule has 10 heteroatoms. The molecule has 0 saturated carbocycles. The van der Waals surface area contributed by atoms with Crippen LogP contribution in [0.1, 0.15) is 12.0 Å². The summed E-state index contributed by atoms with van der Waals surface area (Å²) in [5.41, 5.74) is 6.04. The molecule has 0 saturated heterocycles. The maximum atomic E-state index is 12.3. The van der Waals surface area contributed by atoms with Gasteiger partial charge in [0.05, 0.1) is 10.6 Å². The molecule has 0 aliphatic heterocycles. The fourth-order valence-corrected chi connectivity index (χ4v) is 3.83. The Morgan fingerprint density at radius 1 is 0.967 bits per heavy atom. The van der Waals surface area contributed by atoms with E-state index in [9.17, 15) is 22.8 Å². The third-order valence-corrected chi connectivity index (χ3v) is 5.83. The Hall–Kier alpha value is -3.40. The number of primary amides is 1. The van der Waals surface area contributed by atoms with Crippen LogP contribution in [0.15, 0.2) is 65.6 Å². The summed E-state index contributed by atoms with van der Waals surface area (Å²) in [6.45, 7) is -0.418. The molecule has 9 nitrogen and oxygen atoms in total. The summed E-state index contributed by atoms with van der Waals surface area (Å²) in [6.07, 6.45) is -1.01. The molecule has 0 aliphatic carbocycles. The minimum absolute atomic E-state index is 0.0373. The van der Waals surface area contributed by atoms with E-state index in [2.05, 4.69) is 10.6 Å². The number of rotatable bonds is 10. The number of amides is 3. The van der Waals surface area contributed by atoms with E-state index >= 15 is 0 Å². The predicted octanol–water partition coefficient (Wildman–Crippen LogP) is 0.747. The topological polar surface area (TPSA) is 145 Å². The highest BCUT2D eigenvalue weighted by atomic mass is 32.2. The normalized spacial score (nSPS) is 11.9. The standard InChI is InChI=1S/C20H23N3O6S/c21-19(25)17(11-12-30(27,28)16-9-5-2-6-10-16)23-18(24)13-22-20(26)29-14-15-7-3-1-4-8-15/h1-10,17H,11-14H2,(H2,21,25)(H,22,26)(H,23,24)/t17-/m1/s1. The molecule has 2 aromatic carbocycles. The molecule has 0 heterocycles. The molecule has 160 valence electrons. The third-order valence-electron chi connectivity index (χ3n) is 4.06. The van der Waals surface area contributed by atoms with E-state index in [1.807, 2.05) is 6.07 Å². The summed E-state index contributed by atoms with van der Waals surface area (Å²) in [5.74, 6) is -1.96. The van der Waals surface area contributed by atoms with Crippen molar-refractivity contribution in [3.63, 3.8) is 0 Å². The molecule has 1 atom stereocenters. The molecule has 0 bridgehead atoms. The van der Waals surface area contributed by atoms with E-state index in [1.165, 1.54) is 12.1 Å². The average molecular weight is 433 g/mol. The van der Waals surface area contributed by atoms with E-state index in [0.717, 1.165) is 5.56 Å². The SMILES string of the molecule is NC(=O)[C@@H](CCS(=O)(=O)c1ccccc1)NC(=O)CNC(=O)OCc1ccccc1. The number of nitrogens with one attached hydrogen (secondary N) is 2. The van der Waals surface area contributed by atoms with E-state index in [-0.39, 0.29) is 23.7 Å². The van der Waals surface area contributed by atoms with Gasteiger partial charge in [-0.15, -0.1) is 0 Å². The summed E-state index contributed by atoms with van der Waals surface area (Å²) in [7, 11) is -3.63. The molecule has 30 heavy (non-hydrogen) atoms. The number of benzene rings is 2. The molecule has 0 aromatic heterocycles. The monoisotopic (exact) mass is 433 g/mol. The van der Waals surface area contributed by atoms with Gasteiger partial charge in [0, 0.05) is 0 Å². The Bertz CT molecular complexity index is 965. The number of nitrogens with two attached hydrogens (primary N) is 1. The molecule has 0 radical (unpaired) electrons. The zero-order chi connectivity index (χ0) is 22.0. The second-order valence-electron chi connectivity index (χ2n) is 6.36. The summed E-state index contributed by atoms with van der Waals surface area (Å²) >= 11 is 0. The van der Waals surface area contributed by atoms with Crippen molar-refractivity contribution in [2.45, 2.75) is 24.0 Å². The minimum Gasteiger partial charge on any atom is -0.445 e. The third kappa shape index (κ3) is 7.55. The van der Waals surface area contributed by atoms with Gasteiger partial charge in [-0.25, -0.2) is 13.2 Å². The number of carbonyl (C=O) groups is 3. The summed E-state index contributed by atoms with van der Waals surface area (Å²) in [6, 6.07) is 15.5. The van der Waals surface area contributed by atoms with Crippen LogP contribution in [-0.4, -0.2) is 44.7 Å². The van der Waals surface area contributed by atoms with E-state index in [1.54, 1.807) is 42.5 Å². The van der Waals surface area contributed by atoms with Crippen molar-refractivity contribution in [3.05, 3.63) is 66.2 Å². The van der Waals surface area contributed by atoms with Crippen LogP contribution in [0.5, 0.6) is 0 Å².